The monoisotopic (exact) mass is 408 g/mol. The predicted octanol–water partition coefficient (Wildman–Crippen LogP) is 5.29. The molecule has 0 radical (unpaired) electrons. The summed E-state index contributed by atoms with van der Waals surface area (Å²) in [4.78, 5) is 20.6. The number of aryl methyl sites for hydroxylation is 1. The third-order valence-electron chi connectivity index (χ3n) is 3.57. The highest BCUT2D eigenvalue weighted by Gasteiger charge is 2.13. The van der Waals surface area contributed by atoms with Crippen LogP contribution >= 0.6 is 11.6 Å². The van der Waals surface area contributed by atoms with Crippen LogP contribution in [-0.2, 0) is 11.2 Å². The lowest BCUT2D eigenvalue weighted by Crippen LogP contribution is -2.14. The molecule has 0 aliphatic heterocycles. The largest absolute Gasteiger partial charge is 0.496 e. The molecule has 152 valence electrons. The minimum Gasteiger partial charge on any atom is -0.496 e. The molecule has 0 bridgehead atoms. The summed E-state index contributed by atoms with van der Waals surface area (Å²) < 4.78 is 5.08. The van der Waals surface area contributed by atoms with E-state index in [4.69, 9.17) is 26.9 Å². The van der Waals surface area contributed by atoms with Gasteiger partial charge in [0.05, 0.1) is 18.1 Å². The molecule has 0 amide bonds. The third kappa shape index (κ3) is 8.18. The summed E-state index contributed by atoms with van der Waals surface area (Å²) in [6, 6.07) is 4.72. The number of methoxy groups -OCH3 is 1. The number of halogens is 1. The molecule has 0 aliphatic rings. The highest BCUT2D eigenvalue weighted by molar-refractivity contribution is 6.42. The van der Waals surface area contributed by atoms with E-state index in [2.05, 4.69) is 13.5 Å². The second kappa shape index (κ2) is 12.5. The number of ether oxygens (including phenoxy) is 1. The molecule has 0 spiro atoms. The zero-order valence-corrected chi connectivity index (χ0v) is 17.2. The first-order valence-electron chi connectivity index (χ1n) is 8.41. The number of carbonyl (C=O) groups is 1. The van der Waals surface area contributed by atoms with Gasteiger partial charge < -0.3 is 9.84 Å². The predicted molar refractivity (Wildman–Crippen MR) is 112 cm³/mol. The van der Waals surface area contributed by atoms with Crippen LogP contribution in [0.25, 0.3) is 0 Å². The van der Waals surface area contributed by atoms with E-state index in [0.717, 1.165) is 18.4 Å². The molecule has 28 heavy (non-hydrogen) atoms. The molecule has 0 saturated carbocycles. The third-order valence-corrected chi connectivity index (χ3v) is 3.68. The van der Waals surface area contributed by atoms with Gasteiger partial charge >= 0.3 is 5.97 Å². The maximum Gasteiger partial charge on any atom is 0.354 e. The molecule has 0 unspecified atom stereocenters. The summed E-state index contributed by atoms with van der Waals surface area (Å²) in [6.45, 7) is 8.87. The van der Waals surface area contributed by atoms with E-state index in [0.29, 0.717) is 21.9 Å². The van der Waals surface area contributed by atoms with Gasteiger partial charge in [-0.2, -0.15) is 0 Å². The van der Waals surface area contributed by atoms with Crippen LogP contribution in [0.5, 0.6) is 5.75 Å². The number of carboxylic acids is 1. The van der Waals surface area contributed by atoms with Gasteiger partial charge in [-0.3, -0.25) is 15.5 Å². The lowest BCUT2D eigenvalue weighted by Gasteiger charge is -2.06. The van der Waals surface area contributed by atoms with Crippen molar-refractivity contribution in [3.8, 4) is 5.75 Å². The molecule has 0 saturated heterocycles. The number of allylic oxidation sites excluding steroid dienone is 4. The zero-order chi connectivity index (χ0) is 21.9. The summed E-state index contributed by atoms with van der Waals surface area (Å²) in [6.07, 6.45) is 4.95. The molecule has 1 rings (SSSR count). The van der Waals surface area contributed by atoms with E-state index in [9.17, 15) is 14.9 Å². The van der Waals surface area contributed by atoms with Gasteiger partial charge in [0, 0.05) is 16.7 Å². The van der Waals surface area contributed by atoms with Crippen LogP contribution in [-0.4, -0.2) is 28.8 Å². The fourth-order valence-corrected chi connectivity index (χ4v) is 2.48. The van der Waals surface area contributed by atoms with Gasteiger partial charge in [0.2, 0.25) is 0 Å². The number of nitro benzene ring substituents is 1. The van der Waals surface area contributed by atoms with E-state index < -0.39 is 16.6 Å². The van der Waals surface area contributed by atoms with Gasteiger partial charge in [-0.1, -0.05) is 37.6 Å². The Labute approximate surface area is 169 Å². The molecule has 0 aliphatic carbocycles. The Morgan fingerprint density at radius 3 is 2.46 bits per heavy atom. The van der Waals surface area contributed by atoms with Crippen molar-refractivity contribution in [3.05, 3.63) is 68.8 Å². The number of hydrogen-bond acceptors (Lipinski definition) is 5. The second-order valence-corrected chi connectivity index (χ2v) is 6.15. The van der Waals surface area contributed by atoms with Crippen LogP contribution in [0.1, 0.15) is 32.8 Å². The number of aliphatic carboxylic acids is 1. The fourth-order valence-electron chi connectivity index (χ4n) is 2.32. The summed E-state index contributed by atoms with van der Waals surface area (Å²) in [5.74, 6) is -0.660. The Kier molecular flexibility index (Phi) is 11.2. The zero-order valence-electron chi connectivity index (χ0n) is 16.4. The summed E-state index contributed by atoms with van der Waals surface area (Å²) in [5, 5.41) is 26.7. The van der Waals surface area contributed by atoms with Gasteiger partial charge in [-0.05, 0) is 43.5 Å². The molecular formula is C20H25ClN2O5. The molecular weight excluding hydrogens is 384 g/mol. The van der Waals surface area contributed by atoms with Crippen LogP contribution in [0.15, 0.2) is 53.1 Å². The van der Waals surface area contributed by atoms with Gasteiger partial charge in [-0.15, -0.1) is 0 Å². The Balaban J connectivity index is 0.000000521. The highest BCUT2D eigenvalue weighted by Crippen LogP contribution is 2.25. The SMILES string of the molecule is C=C(Cl)/C=C(C)\C(=C/C)C(=N)C(=O)O.CCCc1ccc([N+](=O)[O-])cc1OC. The first kappa shape index (κ1) is 25.1. The summed E-state index contributed by atoms with van der Waals surface area (Å²) in [5.41, 5.74) is 1.60. The number of hydrogen-bond donors (Lipinski definition) is 2. The Hall–Kier alpha value is -2.93. The number of nitrogens with zero attached hydrogens (tertiary/aromatic N) is 1. The molecule has 0 atom stereocenters. The number of rotatable bonds is 8. The van der Waals surface area contributed by atoms with Gasteiger partial charge in [0.1, 0.15) is 11.5 Å². The van der Waals surface area contributed by atoms with E-state index >= 15 is 0 Å². The number of nitrogens with one attached hydrogen (secondary N) is 1. The standard InChI is InChI=1S/C10H12ClNO2.C10H13NO3/c1-4-8(9(12)10(13)14)6(2)5-7(3)11;1-3-4-8-5-6-9(11(12)13)7-10(8)14-2/h4-5,12H,3H2,1-2H3,(H,13,14);5-7H,3-4H2,1-2H3/b6-5-,8-4+,12-9?;. The lowest BCUT2D eigenvalue weighted by molar-refractivity contribution is -0.384. The number of non-ortho nitro benzene ring substituents is 1. The summed E-state index contributed by atoms with van der Waals surface area (Å²) in [7, 11) is 1.53. The average molecular weight is 409 g/mol. The molecule has 8 heteroatoms. The minimum absolute atomic E-state index is 0.0710. The van der Waals surface area contributed by atoms with Crippen LogP contribution in [0, 0.1) is 15.5 Å². The van der Waals surface area contributed by atoms with Crippen LogP contribution in [0.4, 0.5) is 5.69 Å². The maximum atomic E-state index is 10.5. The van der Waals surface area contributed by atoms with Crippen molar-refractivity contribution in [2.75, 3.05) is 7.11 Å². The minimum atomic E-state index is -1.26. The van der Waals surface area contributed by atoms with Crippen molar-refractivity contribution < 1.29 is 19.6 Å². The lowest BCUT2D eigenvalue weighted by atomic mass is 10.0. The highest BCUT2D eigenvalue weighted by atomic mass is 35.5. The smallest absolute Gasteiger partial charge is 0.354 e. The van der Waals surface area contributed by atoms with Gasteiger partial charge in [0.15, 0.2) is 0 Å². The van der Waals surface area contributed by atoms with Crippen molar-refractivity contribution in [2.45, 2.75) is 33.6 Å². The Bertz CT molecular complexity index is 813. The molecule has 7 nitrogen and oxygen atoms in total. The fraction of sp³-hybridized carbons (Fsp3) is 0.300. The normalized spacial score (nSPS) is 11.2. The quantitative estimate of drug-likeness (QED) is 0.262. The molecule has 0 fully saturated rings. The van der Waals surface area contributed by atoms with Gasteiger partial charge in [-0.25, -0.2) is 4.79 Å². The van der Waals surface area contributed by atoms with Crippen LogP contribution < -0.4 is 4.74 Å². The van der Waals surface area contributed by atoms with Crippen molar-refractivity contribution in [1.29, 1.82) is 5.41 Å². The number of benzene rings is 1. The molecule has 2 N–H and O–H groups in total. The van der Waals surface area contributed by atoms with E-state index in [1.807, 2.05) is 0 Å². The second-order valence-electron chi connectivity index (χ2n) is 5.66. The Morgan fingerprint density at radius 1 is 1.46 bits per heavy atom. The average Bonchev–Trinajstić information content (AvgIpc) is 2.62. The number of nitro groups is 1. The maximum absolute atomic E-state index is 10.5. The topological polar surface area (TPSA) is 114 Å². The molecule has 0 aromatic heterocycles. The van der Waals surface area contributed by atoms with Crippen molar-refractivity contribution >= 4 is 29.0 Å². The molecule has 1 aromatic rings. The van der Waals surface area contributed by atoms with Crippen molar-refractivity contribution in [2.24, 2.45) is 0 Å². The summed E-state index contributed by atoms with van der Waals surface area (Å²) >= 11 is 5.54. The van der Waals surface area contributed by atoms with Crippen molar-refractivity contribution in [1.82, 2.24) is 0 Å². The van der Waals surface area contributed by atoms with Crippen molar-refractivity contribution in [3.63, 3.8) is 0 Å². The Morgan fingerprint density at radius 2 is 2.07 bits per heavy atom. The van der Waals surface area contributed by atoms with Crippen LogP contribution in [0.3, 0.4) is 0 Å². The van der Waals surface area contributed by atoms with Gasteiger partial charge in [0.25, 0.3) is 5.69 Å². The van der Waals surface area contributed by atoms with Crippen LogP contribution in [0.2, 0.25) is 0 Å². The van der Waals surface area contributed by atoms with E-state index in [-0.39, 0.29) is 5.69 Å². The molecule has 0 heterocycles. The number of carboxylic acid groups (broad SMARTS) is 1. The van der Waals surface area contributed by atoms with E-state index in [1.165, 1.54) is 25.3 Å². The van der Waals surface area contributed by atoms with E-state index in [1.54, 1.807) is 26.0 Å². The molecule has 1 aromatic carbocycles. The first-order chi connectivity index (χ1) is 13.1. The first-order valence-corrected chi connectivity index (χ1v) is 8.79.